The van der Waals surface area contributed by atoms with Crippen molar-refractivity contribution in [1.29, 1.82) is 0 Å². The summed E-state index contributed by atoms with van der Waals surface area (Å²) in [6.45, 7) is 4.54. The zero-order valence-corrected chi connectivity index (χ0v) is 15.6. The highest BCUT2D eigenvalue weighted by Crippen LogP contribution is 2.34. The number of thioether (sulfide) groups is 1. The van der Waals surface area contributed by atoms with E-state index in [4.69, 9.17) is 9.47 Å². The second kappa shape index (κ2) is 8.96. The molecule has 0 amide bonds. The summed E-state index contributed by atoms with van der Waals surface area (Å²) in [5, 5.41) is 9.23. The van der Waals surface area contributed by atoms with Crippen LogP contribution < -0.4 is 9.64 Å². The number of ether oxygens (including phenoxy) is 2. The third-order valence-electron chi connectivity index (χ3n) is 4.20. The van der Waals surface area contributed by atoms with E-state index in [0.717, 1.165) is 24.6 Å². The minimum Gasteiger partial charge on any atom is -0.492 e. The van der Waals surface area contributed by atoms with Crippen LogP contribution in [0.25, 0.3) is 0 Å². The van der Waals surface area contributed by atoms with Gasteiger partial charge in [-0.3, -0.25) is 0 Å². The van der Waals surface area contributed by atoms with Crippen LogP contribution in [0.4, 0.5) is 5.69 Å². The van der Waals surface area contributed by atoms with Gasteiger partial charge in [0.05, 0.1) is 12.2 Å². The average Bonchev–Trinajstić information content (AvgIpc) is 2.67. The summed E-state index contributed by atoms with van der Waals surface area (Å²) in [5.74, 6) is 0.830. The molecule has 1 atom stereocenters. The molecule has 0 saturated carbocycles. The summed E-state index contributed by atoms with van der Waals surface area (Å²) >= 11 is 1.89. The maximum absolute atomic E-state index is 11.3. The number of fused-ring (bicyclic) bond motifs is 1. The van der Waals surface area contributed by atoms with Crippen molar-refractivity contribution in [3.05, 3.63) is 54.1 Å². The van der Waals surface area contributed by atoms with Gasteiger partial charge in [0.25, 0.3) is 0 Å². The van der Waals surface area contributed by atoms with E-state index in [0.29, 0.717) is 18.8 Å². The van der Waals surface area contributed by atoms with E-state index in [-0.39, 0.29) is 0 Å². The normalized spacial score (nSPS) is 14.6. The minimum atomic E-state index is -0.984. The van der Waals surface area contributed by atoms with E-state index in [2.05, 4.69) is 29.2 Å². The maximum Gasteiger partial charge on any atom is 0.337 e. The zero-order chi connectivity index (χ0) is 18.4. The molecule has 1 unspecified atom stereocenters. The molecular weight excluding hydrogens is 350 g/mol. The molecule has 1 aliphatic heterocycles. The molecule has 1 heterocycles. The smallest absolute Gasteiger partial charge is 0.337 e. The van der Waals surface area contributed by atoms with Gasteiger partial charge in [-0.05, 0) is 36.8 Å². The zero-order valence-electron chi connectivity index (χ0n) is 14.8. The number of aliphatic carboxylic acids is 1. The van der Waals surface area contributed by atoms with Crippen molar-refractivity contribution in [1.82, 2.24) is 0 Å². The molecule has 0 fully saturated rings. The third kappa shape index (κ3) is 4.51. The molecule has 0 aromatic heterocycles. The molecule has 2 aromatic carbocycles. The fourth-order valence-corrected chi connectivity index (χ4v) is 4.00. The lowest BCUT2D eigenvalue weighted by Gasteiger charge is -2.30. The van der Waals surface area contributed by atoms with Crippen molar-refractivity contribution < 1.29 is 19.4 Å². The number of benzene rings is 2. The van der Waals surface area contributed by atoms with E-state index in [1.165, 1.54) is 10.6 Å². The highest BCUT2D eigenvalue weighted by Gasteiger charge is 2.20. The molecule has 1 aliphatic rings. The summed E-state index contributed by atoms with van der Waals surface area (Å²) in [7, 11) is 0. The van der Waals surface area contributed by atoms with E-state index < -0.39 is 12.1 Å². The lowest BCUT2D eigenvalue weighted by atomic mass is 10.1. The number of carboxylic acids is 1. The Balaban J connectivity index is 1.55. The van der Waals surface area contributed by atoms with Crippen LogP contribution in [0.1, 0.15) is 18.6 Å². The van der Waals surface area contributed by atoms with Crippen molar-refractivity contribution in [2.24, 2.45) is 0 Å². The van der Waals surface area contributed by atoms with Gasteiger partial charge in [0.2, 0.25) is 0 Å². The molecule has 0 aliphatic carbocycles. The summed E-state index contributed by atoms with van der Waals surface area (Å²) < 4.78 is 11.1. The Morgan fingerprint density at radius 1 is 1.23 bits per heavy atom. The molecule has 26 heavy (non-hydrogen) atoms. The van der Waals surface area contributed by atoms with Crippen LogP contribution >= 0.6 is 11.8 Å². The monoisotopic (exact) mass is 373 g/mol. The van der Waals surface area contributed by atoms with Crippen LogP contribution in [0, 0.1) is 0 Å². The minimum absolute atomic E-state index is 0.352. The SMILES string of the molecule is CCOC(C(=O)O)c1ccc(OCCN2CCSc3ccccc32)cc1. The second-order valence-corrected chi connectivity index (χ2v) is 7.03. The molecule has 0 saturated heterocycles. The Morgan fingerprint density at radius 2 is 2.00 bits per heavy atom. The second-order valence-electron chi connectivity index (χ2n) is 5.89. The first kappa shape index (κ1) is 18.6. The lowest BCUT2D eigenvalue weighted by Crippen LogP contribution is -2.33. The van der Waals surface area contributed by atoms with E-state index in [9.17, 15) is 9.90 Å². The molecule has 138 valence electrons. The Labute approximate surface area is 157 Å². The van der Waals surface area contributed by atoms with Crippen molar-refractivity contribution in [2.75, 3.05) is 37.0 Å². The number of rotatable bonds is 8. The van der Waals surface area contributed by atoms with Gasteiger partial charge in [-0.15, -0.1) is 11.8 Å². The molecule has 0 bridgehead atoms. The van der Waals surface area contributed by atoms with Gasteiger partial charge in [-0.2, -0.15) is 0 Å². The summed E-state index contributed by atoms with van der Waals surface area (Å²) in [5.41, 5.74) is 1.89. The van der Waals surface area contributed by atoms with Crippen LogP contribution in [0.15, 0.2) is 53.4 Å². The Bertz CT molecular complexity index is 735. The van der Waals surface area contributed by atoms with Crippen molar-refractivity contribution in [3.8, 4) is 5.75 Å². The number of anilines is 1. The van der Waals surface area contributed by atoms with Crippen molar-refractivity contribution in [2.45, 2.75) is 17.9 Å². The van der Waals surface area contributed by atoms with Crippen molar-refractivity contribution in [3.63, 3.8) is 0 Å². The Kier molecular flexibility index (Phi) is 6.41. The van der Waals surface area contributed by atoms with Crippen LogP contribution in [0.5, 0.6) is 5.75 Å². The quantitative estimate of drug-likeness (QED) is 0.759. The first-order chi connectivity index (χ1) is 12.7. The molecule has 5 nitrogen and oxygen atoms in total. The van der Waals surface area contributed by atoms with E-state index >= 15 is 0 Å². The first-order valence-electron chi connectivity index (χ1n) is 8.73. The number of hydrogen-bond acceptors (Lipinski definition) is 5. The van der Waals surface area contributed by atoms with Gasteiger partial charge < -0.3 is 19.5 Å². The fourth-order valence-electron chi connectivity index (χ4n) is 2.95. The molecule has 3 rings (SSSR count). The average molecular weight is 373 g/mol. The predicted molar refractivity (Wildman–Crippen MR) is 103 cm³/mol. The van der Waals surface area contributed by atoms with E-state index in [1.807, 2.05) is 11.8 Å². The van der Waals surface area contributed by atoms with Gasteiger partial charge in [-0.1, -0.05) is 24.3 Å². The number of carbonyl (C=O) groups is 1. The van der Waals surface area contributed by atoms with Gasteiger partial charge >= 0.3 is 5.97 Å². The summed E-state index contributed by atoms with van der Waals surface area (Å²) in [4.78, 5) is 14.9. The van der Waals surface area contributed by atoms with Gasteiger partial charge in [0, 0.05) is 23.8 Å². The highest BCUT2D eigenvalue weighted by atomic mass is 32.2. The van der Waals surface area contributed by atoms with Gasteiger partial charge in [0.15, 0.2) is 6.10 Å². The van der Waals surface area contributed by atoms with Crippen LogP contribution in [0.3, 0.4) is 0 Å². The standard InChI is InChI=1S/C20H23NO4S/c1-2-24-19(20(22)23)15-7-9-16(10-8-15)25-13-11-21-12-14-26-18-6-4-3-5-17(18)21/h3-10,19H,2,11-14H2,1H3,(H,22,23). The topological polar surface area (TPSA) is 59.0 Å². The molecule has 0 spiro atoms. The predicted octanol–water partition coefficient (Wildman–Crippen LogP) is 3.84. The Hall–Kier alpha value is -2.18. The summed E-state index contributed by atoms with van der Waals surface area (Å²) in [6, 6.07) is 15.5. The maximum atomic E-state index is 11.3. The van der Waals surface area contributed by atoms with Gasteiger partial charge in [-0.25, -0.2) is 4.79 Å². The summed E-state index contributed by atoms with van der Waals surface area (Å²) in [6.07, 6.45) is -0.934. The lowest BCUT2D eigenvalue weighted by molar-refractivity contribution is -0.150. The van der Waals surface area contributed by atoms with Crippen LogP contribution in [-0.4, -0.2) is 43.1 Å². The number of carboxylic acid groups (broad SMARTS) is 1. The Morgan fingerprint density at radius 3 is 2.73 bits per heavy atom. The van der Waals surface area contributed by atoms with Crippen molar-refractivity contribution >= 4 is 23.4 Å². The number of nitrogens with zero attached hydrogens (tertiary/aromatic N) is 1. The molecule has 1 N–H and O–H groups in total. The molecule has 0 radical (unpaired) electrons. The fraction of sp³-hybridized carbons (Fsp3) is 0.350. The third-order valence-corrected chi connectivity index (χ3v) is 5.24. The molecular formula is C20H23NO4S. The number of hydrogen-bond donors (Lipinski definition) is 1. The molecule has 2 aromatic rings. The van der Waals surface area contributed by atoms with Crippen LogP contribution in [0.2, 0.25) is 0 Å². The largest absolute Gasteiger partial charge is 0.492 e. The van der Waals surface area contributed by atoms with Gasteiger partial charge in [0.1, 0.15) is 12.4 Å². The highest BCUT2D eigenvalue weighted by molar-refractivity contribution is 7.99. The number of para-hydroxylation sites is 1. The van der Waals surface area contributed by atoms with E-state index in [1.54, 1.807) is 31.2 Å². The van der Waals surface area contributed by atoms with Crippen LogP contribution in [-0.2, 0) is 9.53 Å². The first-order valence-corrected chi connectivity index (χ1v) is 9.71. The molecule has 6 heteroatoms.